The molecule has 0 aromatic heterocycles. The van der Waals surface area contributed by atoms with E-state index in [9.17, 15) is 19.5 Å². The first kappa shape index (κ1) is 15.6. The second-order valence-corrected chi connectivity index (χ2v) is 5.07. The van der Waals surface area contributed by atoms with Crippen LogP contribution in [0, 0.1) is 0 Å². The third-order valence-corrected chi connectivity index (χ3v) is 2.88. The van der Waals surface area contributed by atoms with Crippen LogP contribution < -0.4 is 10.4 Å². The molecule has 1 heterocycles. The third kappa shape index (κ3) is 3.43. The molecule has 0 amide bonds. The average molecular weight is 304 g/mol. The number of carbonyl (C=O) groups excluding carboxylic acids is 3. The zero-order valence-corrected chi connectivity index (χ0v) is 12.0. The molecule has 7 nitrogen and oxygen atoms in total. The zero-order chi connectivity index (χ0) is 16.3. The summed E-state index contributed by atoms with van der Waals surface area (Å²) in [5.74, 6) is -4.53. The Hall–Kier alpha value is -2.83. The van der Waals surface area contributed by atoms with Crippen molar-refractivity contribution in [2.24, 2.45) is 0 Å². The minimum Gasteiger partial charge on any atom is -0.548 e. The van der Waals surface area contributed by atoms with Crippen LogP contribution in [0.15, 0.2) is 42.1 Å². The quantitative estimate of drug-likeness (QED) is 0.466. The Bertz CT molecular complexity index is 613. The molecule has 1 aliphatic rings. The minimum absolute atomic E-state index is 0.414. The second kappa shape index (κ2) is 5.88. The molecule has 116 valence electrons. The standard InChI is InChI=1S/C15H15NO6/c1-15(2)21-13(19)10(14(20)22-15)8-16-11(12(17)18)9-6-4-3-5-7-9/h3-8,11,16H,1-2H3,(H,17,18)/p-1. The fraction of sp³-hybridized carbons (Fsp3) is 0.267. The molecule has 1 N–H and O–H groups in total. The van der Waals surface area contributed by atoms with E-state index in [0.717, 1.165) is 6.20 Å². The summed E-state index contributed by atoms with van der Waals surface area (Å²) in [4.78, 5) is 34.7. The molecule has 1 aromatic carbocycles. The molecular weight excluding hydrogens is 290 g/mol. The van der Waals surface area contributed by atoms with E-state index in [-0.39, 0.29) is 0 Å². The summed E-state index contributed by atoms with van der Waals surface area (Å²) in [6.07, 6.45) is 0.966. The molecule has 2 rings (SSSR count). The molecule has 1 aromatic rings. The molecule has 1 aliphatic heterocycles. The summed E-state index contributed by atoms with van der Waals surface area (Å²) in [7, 11) is 0. The van der Waals surface area contributed by atoms with Gasteiger partial charge in [-0.1, -0.05) is 30.3 Å². The highest BCUT2D eigenvalue weighted by molar-refractivity contribution is 6.15. The highest BCUT2D eigenvalue weighted by atomic mass is 16.7. The highest BCUT2D eigenvalue weighted by Crippen LogP contribution is 2.22. The predicted molar refractivity (Wildman–Crippen MR) is 71.7 cm³/mol. The van der Waals surface area contributed by atoms with Crippen molar-refractivity contribution in [1.29, 1.82) is 0 Å². The molecule has 22 heavy (non-hydrogen) atoms. The summed E-state index contributed by atoms with van der Waals surface area (Å²) >= 11 is 0. The number of carboxylic acid groups (broad SMARTS) is 1. The van der Waals surface area contributed by atoms with Crippen LogP contribution in [-0.4, -0.2) is 23.7 Å². The lowest BCUT2D eigenvalue weighted by Crippen LogP contribution is -2.43. The number of aliphatic carboxylic acids is 1. The average Bonchev–Trinajstić information content (AvgIpc) is 2.41. The van der Waals surface area contributed by atoms with Crippen LogP contribution in [0.2, 0.25) is 0 Å². The lowest BCUT2D eigenvalue weighted by Gasteiger charge is -2.30. The number of ether oxygens (including phenoxy) is 2. The van der Waals surface area contributed by atoms with Gasteiger partial charge in [-0.25, -0.2) is 9.59 Å². The van der Waals surface area contributed by atoms with Gasteiger partial charge in [0.15, 0.2) is 5.57 Å². The van der Waals surface area contributed by atoms with E-state index in [1.807, 2.05) is 0 Å². The molecule has 1 unspecified atom stereocenters. The van der Waals surface area contributed by atoms with Gasteiger partial charge in [0, 0.05) is 20.0 Å². The Morgan fingerprint density at radius 1 is 1.18 bits per heavy atom. The van der Waals surface area contributed by atoms with Gasteiger partial charge >= 0.3 is 11.9 Å². The number of benzene rings is 1. The molecule has 0 aliphatic carbocycles. The molecule has 0 radical (unpaired) electrons. The van der Waals surface area contributed by atoms with Crippen molar-refractivity contribution in [3.8, 4) is 0 Å². The fourth-order valence-corrected chi connectivity index (χ4v) is 1.89. The normalized spacial score (nSPS) is 18.0. The van der Waals surface area contributed by atoms with Gasteiger partial charge in [0.05, 0.1) is 12.0 Å². The minimum atomic E-state index is -1.40. The van der Waals surface area contributed by atoms with Gasteiger partial charge in [-0.15, -0.1) is 0 Å². The first-order valence-electron chi connectivity index (χ1n) is 6.49. The van der Waals surface area contributed by atoms with Gasteiger partial charge in [-0.3, -0.25) is 0 Å². The Kier molecular flexibility index (Phi) is 4.16. The van der Waals surface area contributed by atoms with Crippen molar-refractivity contribution in [1.82, 2.24) is 5.32 Å². The first-order valence-corrected chi connectivity index (χ1v) is 6.49. The van der Waals surface area contributed by atoms with Gasteiger partial charge in [-0.05, 0) is 5.56 Å². The van der Waals surface area contributed by atoms with Crippen LogP contribution in [-0.2, 0) is 23.9 Å². The van der Waals surface area contributed by atoms with Crippen molar-refractivity contribution in [2.45, 2.75) is 25.7 Å². The Labute approximate surface area is 126 Å². The van der Waals surface area contributed by atoms with Crippen molar-refractivity contribution in [3.05, 3.63) is 47.7 Å². The number of cyclic esters (lactones) is 2. The Balaban J connectivity index is 2.20. The number of hydrogen-bond acceptors (Lipinski definition) is 7. The van der Waals surface area contributed by atoms with Crippen LogP contribution in [0.4, 0.5) is 0 Å². The first-order chi connectivity index (χ1) is 10.3. The molecule has 1 fully saturated rings. The highest BCUT2D eigenvalue weighted by Gasteiger charge is 2.39. The van der Waals surface area contributed by atoms with E-state index >= 15 is 0 Å². The summed E-state index contributed by atoms with van der Waals surface area (Å²) < 4.78 is 9.80. The van der Waals surface area contributed by atoms with Crippen molar-refractivity contribution in [2.75, 3.05) is 0 Å². The maximum atomic E-state index is 11.7. The topological polar surface area (TPSA) is 105 Å². The van der Waals surface area contributed by atoms with Crippen molar-refractivity contribution < 1.29 is 29.0 Å². The van der Waals surface area contributed by atoms with Gasteiger partial charge in [0.2, 0.25) is 0 Å². The smallest absolute Gasteiger partial charge is 0.350 e. The van der Waals surface area contributed by atoms with E-state index in [0.29, 0.717) is 5.56 Å². The Morgan fingerprint density at radius 2 is 1.73 bits per heavy atom. The molecule has 7 heteroatoms. The van der Waals surface area contributed by atoms with Crippen LogP contribution in [0.5, 0.6) is 0 Å². The monoisotopic (exact) mass is 304 g/mol. The van der Waals surface area contributed by atoms with E-state index in [2.05, 4.69) is 5.32 Å². The molecular formula is C15H14NO6-. The van der Waals surface area contributed by atoms with Crippen LogP contribution in [0.25, 0.3) is 0 Å². The van der Waals surface area contributed by atoms with Gasteiger partial charge in [-0.2, -0.15) is 0 Å². The van der Waals surface area contributed by atoms with E-state index in [1.165, 1.54) is 13.8 Å². The van der Waals surface area contributed by atoms with Gasteiger partial charge in [0.1, 0.15) is 0 Å². The third-order valence-electron chi connectivity index (χ3n) is 2.88. The predicted octanol–water partition coefficient (Wildman–Crippen LogP) is -0.213. The lowest BCUT2D eigenvalue weighted by molar-refractivity contribution is -0.308. The number of esters is 2. The molecule has 1 saturated heterocycles. The van der Waals surface area contributed by atoms with Gasteiger partial charge < -0.3 is 24.7 Å². The SMILES string of the molecule is CC1(C)OC(=O)C(=CNC(C(=O)[O-])c2ccccc2)C(=O)O1. The summed E-state index contributed by atoms with van der Waals surface area (Å²) in [6.45, 7) is 2.84. The number of carboxylic acids is 1. The molecule has 0 spiro atoms. The van der Waals surface area contributed by atoms with Crippen molar-refractivity contribution >= 4 is 17.9 Å². The van der Waals surface area contributed by atoms with Crippen molar-refractivity contribution in [3.63, 3.8) is 0 Å². The molecule has 1 atom stereocenters. The second-order valence-electron chi connectivity index (χ2n) is 5.07. The maximum Gasteiger partial charge on any atom is 0.350 e. The number of hydrogen-bond donors (Lipinski definition) is 1. The van der Waals surface area contributed by atoms with Crippen LogP contribution >= 0.6 is 0 Å². The molecule has 0 saturated carbocycles. The molecule has 0 bridgehead atoms. The summed E-state index contributed by atoms with van der Waals surface area (Å²) in [5.41, 5.74) is -0.00118. The van der Waals surface area contributed by atoms with E-state index < -0.39 is 35.3 Å². The lowest BCUT2D eigenvalue weighted by atomic mass is 10.1. The summed E-state index contributed by atoms with van der Waals surface area (Å²) in [6, 6.07) is 6.98. The largest absolute Gasteiger partial charge is 0.548 e. The Morgan fingerprint density at radius 3 is 2.23 bits per heavy atom. The summed E-state index contributed by atoms with van der Waals surface area (Å²) in [5, 5.41) is 13.7. The number of rotatable bonds is 4. The van der Waals surface area contributed by atoms with E-state index in [4.69, 9.17) is 9.47 Å². The van der Waals surface area contributed by atoms with Crippen LogP contribution in [0.3, 0.4) is 0 Å². The van der Waals surface area contributed by atoms with E-state index in [1.54, 1.807) is 30.3 Å². The zero-order valence-electron chi connectivity index (χ0n) is 12.0. The van der Waals surface area contributed by atoms with Gasteiger partial charge in [0.25, 0.3) is 5.79 Å². The maximum absolute atomic E-state index is 11.7. The van der Waals surface area contributed by atoms with Crippen LogP contribution in [0.1, 0.15) is 25.5 Å². The fourth-order valence-electron chi connectivity index (χ4n) is 1.89. The number of nitrogens with one attached hydrogen (secondary N) is 1. The number of carbonyl (C=O) groups is 3.